The van der Waals surface area contributed by atoms with Crippen LogP contribution in [0.5, 0.6) is 5.88 Å². The van der Waals surface area contributed by atoms with E-state index in [1.165, 1.54) is 13.4 Å². The van der Waals surface area contributed by atoms with Crippen LogP contribution in [0.1, 0.15) is 20.8 Å². The maximum atomic E-state index is 12.9. The van der Waals surface area contributed by atoms with Crippen molar-refractivity contribution in [2.75, 3.05) is 7.11 Å². The summed E-state index contributed by atoms with van der Waals surface area (Å²) in [5.74, 6) is -0.380. The van der Waals surface area contributed by atoms with Gasteiger partial charge in [-0.05, 0) is 20.8 Å². The molecule has 12 heavy (non-hydrogen) atoms. The van der Waals surface area contributed by atoms with E-state index in [1.54, 1.807) is 4.57 Å². The predicted molar refractivity (Wildman–Crippen MR) is 43.7 cm³/mol. The van der Waals surface area contributed by atoms with Gasteiger partial charge in [0.25, 0.3) is 11.8 Å². The van der Waals surface area contributed by atoms with Gasteiger partial charge in [-0.15, -0.1) is 0 Å². The summed E-state index contributed by atoms with van der Waals surface area (Å²) in [6, 6.07) is 0. The molecular formula is C8H13FN2O. The molecule has 0 aromatic carbocycles. The number of aromatic nitrogens is 2. The van der Waals surface area contributed by atoms with Crippen LogP contribution in [0.4, 0.5) is 4.39 Å². The van der Waals surface area contributed by atoms with Crippen molar-refractivity contribution in [2.24, 2.45) is 0 Å². The third-order valence-corrected chi connectivity index (χ3v) is 1.60. The first-order chi connectivity index (χ1) is 5.46. The van der Waals surface area contributed by atoms with Gasteiger partial charge in [-0.25, -0.2) is 4.98 Å². The molecule has 0 N–H and O–H groups in total. The molecule has 1 rings (SSSR count). The van der Waals surface area contributed by atoms with Crippen molar-refractivity contribution in [3.8, 4) is 5.88 Å². The fourth-order valence-corrected chi connectivity index (χ4v) is 0.976. The van der Waals surface area contributed by atoms with Gasteiger partial charge in [-0.1, -0.05) is 0 Å². The Kier molecular flexibility index (Phi) is 2.08. The maximum absolute atomic E-state index is 12.9. The first-order valence-corrected chi connectivity index (χ1v) is 3.74. The summed E-state index contributed by atoms with van der Waals surface area (Å²) in [7, 11) is 1.43. The standard InChI is InChI=1S/C8H13FN2O/c1-8(2,3)11-5-10-6(9)7(11)12-4/h5H,1-4H3. The molecule has 0 spiro atoms. The Morgan fingerprint density at radius 2 is 2.08 bits per heavy atom. The van der Waals surface area contributed by atoms with Gasteiger partial charge in [-0.3, -0.25) is 4.57 Å². The Labute approximate surface area is 71.2 Å². The van der Waals surface area contributed by atoms with E-state index in [4.69, 9.17) is 4.74 Å². The van der Waals surface area contributed by atoms with Crippen LogP contribution >= 0.6 is 0 Å². The van der Waals surface area contributed by atoms with Crippen molar-refractivity contribution < 1.29 is 9.13 Å². The van der Waals surface area contributed by atoms with E-state index in [0.29, 0.717) is 0 Å². The lowest BCUT2D eigenvalue weighted by molar-refractivity contribution is 0.294. The molecule has 1 aromatic heterocycles. The molecule has 68 valence electrons. The van der Waals surface area contributed by atoms with Gasteiger partial charge in [0.1, 0.15) is 6.33 Å². The fraction of sp³-hybridized carbons (Fsp3) is 0.625. The molecule has 0 radical (unpaired) electrons. The molecule has 0 atom stereocenters. The smallest absolute Gasteiger partial charge is 0.275 e. The van der Waals surface area contributed by atoms with Gasteiger partial charge in [0, 0.05) is 5.54 Å². The molecule has 0 saturated heterocycles. The number of methoxy groups -OCH3 is 1. The van der Waals surface area contributed by atoms with Crippen LogP contribution in [0.15, 0.2) is 6.33 Å². The minimum absolute atomic E-state index is 0.183. The summed E-state index contributed by atoms with van der Waals surface area (Å²) in [6.07, 6.45) is 1.44. The van der Waals surface area contributed by atoms with Crippen LogP contribution in [-0.2, 0) is 5.54 Å². The van der Waals surface area contributed by atoms with Crippen molar-refractivity contribution in [3.63, 3.8) is 0 Å². The van der Waals surface area contributed by atoms with Gasteiger partial charge in [0.15, 0.2) is 0 Å². The summed E-state index contributed by atoms with van der Waals surface area (Å²) >= 11 is 0. The first-order valence-electron chi connectivity index (χ1n) is 3.74. The normalized spacial score (nSPS) is 11.8. The molecule has 0 fully saturated rings. The van der Waals surface area contributed by atoms with Crippen molar-refractivity contribution in [1.82, 2.24) is 9.55 Å². The fourth-order valence-electron chi connectivity index (χ4n) is 0.976. The van der Waals surface area contributed by atoms with Crippen LogP contribution in [0, 0.1) is 5.95 Å². The third-order valence-electron chi connectivity index (χ3n) is 1.60. The van der Waals surface area contributed by atoms with Crippen LogP contribution in [0.2, 0.25) is 0 Å². The lowest BCUT2D eigenvalue weighted by Gasteiger charge is -2.21. The van der Waals surface area contributed by atoms with Crippen LogP contribution in [-0.4, -0.2) is 16.7 Å². The summed E-state index contributed by atoms with van der Waals surface area (Å²) < 4.78 is 19.4. The van der Waals surface area contributed by atoms with Crippen molar-refractivity contribution in [3.05, 3.63) is 12.3 Å². The second kappa shape index (κ2) is 2.77. The number of halogens is 1. The molecular weight excluding hydrogens is 159 g/mol. The zero-order valence-corrected chi connectivity index (χ0v) is 7.76. The van der Waals surface area contributed by atoms with Gasteiger partial charge < -0.3 is 4.74 Å². The second-order valence-electron chi connectivity index (χ2n) is 3.59. The quantitative estimate of drug-likeness (QED) is 0.645. The zero-order valence-electron chi connectivity index (χ0n) is 7.76. The molecule has 0 amide bonds. The van der Waals surface area contributed by atoms with Crippen molar-refractivity contribution in [1.29, 1.82) is 0 Å². The molecule has 4 heteroatoms. The highest BCUT2D eigenvalue weighted by Crippen LogP contribution is 2.23. The molecule has 0 aliphatic rings. The van der Waals surface area contributed by atoms with E-state index in [2.05, 4.69) is 4.98 Å². The Bertz CT molecular complexity index is 275. The number of ether oxygens (including phenoxy) is 1. The first kappa shape index (κ1) is 9.03. The van der Waals surface area contributed by atoms with Crippen molar-refractivity contribution in [2.45, 2.75) is 26.3 Å². The molecule has 0 saturated carbocycles. The summed E-state index contributed by atoms with van der Waals surface area (Å²) in [6.45, 7) is 5.86. The Hall–Kier alpha value is -1.06. The van der Waals surface area contributed by atoms with E-state index >= 15 is 0 Å². The zero-order chi connectivity index (χ0) is 9.35. The highest BCUT2D eigenvalue weighted by Gasteiger charge is 2.20. The van der Waals surface area contributed by atoms with Gasteiger partial charge in [-0.2, -0.15) is 4.39 Å². The van der Waals surface area contributed by atoms with Crippen LogP contribution < -0.4 is 4.74 Å². The number of imidazole rings is 1. The van der Waals surface area contributed by atoms with Crippen LogP contribution in [0.3, 0.4) is 0 Å². The van der Waals surface area contributed by atoms with Gasteiger partial charge in [0.05, 0.1) is 7.11 Å². The molecule has 0 bridgehead atoms. The van der Waals surface area contributed by atoms with E-state index in [0.717, 1.165) is 0 Å². The number of hydrogen-bond donors (Lipinski definition) is 0. The molecule has 1 heterocycles. The Balaban J connectivity index is 3.16. The SMILES string of the molecule is COc1c(F)ncn1C(C)(C)C. The van der Waals surface area contributed by atoms with E-state index in [-0.39, 0.29) is 11.4 Å². The Morgan fingerprint density at radius 1 is 1.50 bits per heavy atom. The summed E-state index contributed by atoms with van der Waals surface area (Å²) in [5.41, 5.74) is -0.206. The minimum atomic E-state index is -0.563. The largest absolute Gasteiger partial charge is 0.479 e. The molecule has 1 aromatic rings. The summed E-state index contributed by atoms with van der Waals surface area (Å²) in [5, 5.41) is 0. The second-order valence-corrected chi connectivity index (χ2v) is 3.59. The maximum Gasteiger partial charge on any atom is 0.275 e. The predicted octanol–water partition coefficient (Wildman–Crippen LogP) is 1.79. The molecule has 0 unspecified atom stereocenters. The van der Waals surface area contributed by atoms with Gasteiger partial charge in [0.2, 0.25) is 0 Å². The van der Waals surface area contributed by atoms with Crippen LogP contribution in [0.25, 0.3) is 0 Å². The van der Waals surface area contributed by atoms with E-state index in [9.17, 15) is 4.39 Å². The Morgan fingerprint density at radius 3 is 2.42 bits per heavy atom. The van der Waals surface area contributed by atoms with E-state index in [1.807, 2.05) is 20.8 Å². The monoisotopic (exact) mass is 172 g/mol. The van der Waals surface area contributed by atoms with Crippen molar-refractivity contribution >= 4 is 0 Å². The molecule has 3 nitrogen and oxygen atoms in total. The highest BCUT2D eigenvalue weighted by molar-refractivity contribution is 5.11. The lowest BCUT2D eigenvalue weighted by atomic mass is 10.1. The average Bonchev–Trinajstić information content (AvgIpc) is 2.29. The number of nitrogens with zero attached hydrogens (tertiary/aromatic N) is 2. The third kappa shape index (κ3) is 1.42. The van der Waals surface area contributed by atoms with Gasteiger partial charge >= 0.3 is 0 Å². The number of rotatable bonds is 1. The molecule has 0 aliphatic heterocycles. The summed E-state index contributed by atoms with van der Waals surface area (Å²) in [4.78, 5) is 3.53. The molecule has 0 aliphatic carbocycles. The number of hydrogen-bond acceptors (Lipinski definition) is 2. The van der Waals surface area contributed by atoms with E-state index < -0.39 is 5.95 Å². The lowest BCUT2D eigenvalue weighted by Crippen LogP contribution is -2.21. The minimum Gasteiger partial charge on any atom is -0.479 e. The average molecular weight is 172 g/mol. The highest BCUT2D eigenvalue weighted by atomic mass is 19.1. The topological polar surface area (TPSA) is 27.1 Å².